The molecule has 2 rings (SSSR count). The van der Waals surface area contributed by atoms with Crippen LogP contribution in [0.3, 0.4) is 0 Å². The van der Waals surface area contributed by atoms with E-state index in [0.29, 0.717) is 16.6 Å². The van der Waals surface area contributed by atoms with Crippen LogP contribution in [0.5, 0.6) is 0 Å². The fraction of sp³-hybridized carbons (Fsp3) is 0.400. The number of hydrogen-bond donors (Lipinski definition) is 2. The van der Waals surface area contributed by atoms with E-state index in [1.165, 1.54) is 11.3 Å². The lowest BCUT2D eigenvalue weighted by Crippen LogP contribution is -2.28. The largest absolute Gasteiger partial charge is 0.467 e. The summed E-state index contributed by atoms with van der Waals surface area (Å²) in [5, 5.41) is 7.85. The Hall–Kier alpha value is -2.15. The van der Waals surface area contributed by atoms with Crippen molar-refractivity contribution in [3.63, 3.8) is 0 Å². The lowest BCUT2D eigenvalue weighted by Gasteiger charge is -2.10. The van der Waals surface area contributed by atoms with Gasteiger partial charge in [-0.25, -0.2) is 4.98 Å². The summed E-state index contributed by atoms with van der Waals surface area (Å²) in [6.07, 6.45) is 1.74. The fourth-order valence-corrected chi connectivity index (χ4v) is 2.47. The van der Waals surface area contributed by atoms with Gasteiger partial charge in [-0.15, -0.1) is 11.3 Å². The SMILES string of the molecule is CC(C)C(=O)Nc1nc(CC(=O)N[C@H](C)c2ccco2)cs1. The van der Waals surface area contributed by atoms with Crippen LogP contribution in [0.4, 0.5) is 5.13 Å². The van der Waals surface area contributed by atoms with Crippen LogP contribution in [-0.4, -0.2) is 16.8 Å². The van der Waals surface area contributed by atoms with Gasteiger partial charge in [0.15, 0.2) is 5.13 Å². The first-order valence-electron chi connectivity index (χ1n) is 7.03. The maximum Gasteiger partial charge on any atom is 0.228 e. The van der Waals surface area contributed by atoms with Gasteiger partial charge in [-0.3, -0.25) is 9.59 Å². The molecule has 0 saturated carbocycles. The maximum atomic E-state index is 12.0. The molecular weight excluding hydrogens is 302 g/mol. The lowest BCUT2D eigenvalue weighted by molar-refractivity contribution is -0.121. The summed E-state index contributed by atoms with van der Waals surface area (Å²) >= 11 is 1.31. The van der Waals surface area contributed by atoms with Crippen LogP contribution in [0.15, 0.2) is 28.2 Å². The summed E-state index contributed by atoms with van der Waals surface area (Å²) in [6.45, 7) is 5.48. The van der Waals surface area contributed by atoms with Crippen molar-refractivity contribution in [2.75, 3.05) is 5.32 Å². The number of nitrogens with zero attached hydrogens (tertiary/aromatic N) is 1. The van der Waals surface area contributed by atoms with E-state index >= 15 is 0 Å². The third-order valence-electron chi connectivity index (χ3n) is 3.00. The number of aromatic nitrogens is 1. The van der Waals surface area contributed by atoms with Crippen molar-refractivity contribution in [3.8, 4) is 0 Å². The lowest BCUT2D eigenvalue weighted by atomic mass is 10.2. The minimum absolute atomic E-state index is 0.0863. The van der Waals surface area contributed by atoms with Crippen molar-refractivity contribution in [1.29, 1.82) is 0 Å². The summed E-state index contributed by atoms with van der Waals surface area (Å²) in [4.78, 5) is 27.8. The number of thiazole rings is 1. The molecule has 2 heterocycles. The Morgan fingerprint density at radius 2 is 2.14 bits per heavy atom. The Labute approximate surface area is 132 Å². The normalized spacial score (nSPS) is 12.2. The van der Waals surface area contributed by atoms with E-state index in [-0.39, 0.29) is 30.2 Å². The van der Waals surface area contributed by atoms with Crippen LogP contribution < -0.4 is 10.6 Å². The Bertz CT molecular complexity index is 634. The van der Waals surface area contributed by atoms with Crippen LogP contribution in [-0.2, 0) is 16.0 Å². The van der Waals surface area contributed by atoms with Gasteiger partial charge in [0, 0.05) is 11.3 Å². The first kappa shape index (κ1) is 16.2. The van der Waals surface area contributed by atoms with Crippen LogP contribution in [0, 0.1) is 5.92 Å². The molecule has 0 unspecified atom stereocenters. The van der Waals surface area contributed by atoms with Crippen LogP contribution >= 0.6 is 11.3 Å². The Balaban J connectivity index is 1.87. The maximum absolute atomic E-state index is 12.0. The molecule has 0 saturated heterocycles. The predicted molar refractivity (Wildman–Crippen MR) is 84.6 cm³/mol. The highest BCUT2D eigenvalue weighted by Crippen LogP contribution is 2.17. The molecule has 0 aromatic carbocycles. The number of amides is 2. The first-order valence-corrected chi connectivity index (χ1v) is 7.91. The predicted octanol–water partition coefficient (Wildman–Crippen LogP) is 2.75. The quantitative estimate of drug-likeness (QED) is 0.857. The average molecular weight is 321 g/mol. The molecule has 0 fully saturated rings. The molecule has 0 aliphatic heterocycles. The second-order valence-corrected chi connectivity index (χ2v) is 6.13. The van der Waals surface area contributed by atoms with E-state index in [1.54, 1.807) is 17.7 Å². The monoisotopic (exact) mass is 321 g/mol. The molecule has 22 heavy (non-hydrogen) atoms. The van der Waals surface area contributed by atoms with Crippen LogP contribution in [0.2, 0.25) is 0 Å². The molecule has 1 atom stereocenters. The van der Waals surface area contributed by atoms with Gasteiger partial charge in [0.1, 0.15) is 5.76 Å². The molecule has 0 aliphatic rings. The first-order chi connectivity index (χ1) is 10.5. The molecule has 2 aromatic rings. The number of rotatable bonds is 6. The van der Waals surface area contributed by atoms with Gasteiger partial charge in [-0.05, 0) is 19.1 Å². The average Bonchev–Trinajstić information content (AvgIpc) is 3.10. The third-order valence-corrected chi connectivity index (χ3v) is 3.80. The third kappa shape index (κ3) is 4.42. The molecule has 0 aliphatic carbocycles. The molecule has 6 nitrogen and oxygen atoms in total. The zero-order chi connectivity index (χ0) is 16.1. The highest BCUT2D eigenvalue weighted by Gasteiger charge is 2.15. The minimum Gasteiger partial charge on any atom is -0.467 e. The Morgan fingerprint density at radius 1 is 1.36 bits per heavy atom. The summed E-state index contributed by atoms with van der Waals surface area (Å²) in [7, 11) is 0. The second kappa shape index (κ2) is 7.22. The number of anilines is 1. The zero-order valence-electron chi connectivity index (χ0n) is 12.8. The molecule has 118 valence electrons. The molecular formula is C15H19N3O3S. The number of carbonyl (C=O) groups is 2. The van der Waals surface area contributed by atoms with Gasteiger partial charge in [0.05, 0.1) is 24.4 Å². The molecule has 2 N–H and O–H groups in total. The number of hydrogen-bond acceptors (Lipinski definition) is 5. The van der Waals surface area contributed by atoms with E-state index in [2.05, 4.69) is 15.6 Å². The van der Waals surface area contributed by atoms with Gasteiger partial charge in [-0.2, -0.15) is 0 Å². The topological polar surface area (TPSA) is 84.2 Å². The highest BCUT2D eigenvalue weighted by atomic mass is 32.1. The van der Waals surface area contributed by atoms with Crippen molar-refractivity contribution in [2.24, 2.45) is 5.92 Å². The Morgan fingerprint density at radius 3 is 2.77 bits per heavy atom. The van der Waals surface area contributed by atoms with Crippen molar-refractivity contribution < 1.29 is 14.0 Å². The number of nitrogens with one attached hydrogen (secondary N) is 2. The van der Waals surface area contributed by atoms with Gasteiger partial charge >= 0.3 is 0 Å². The summed E-state index contributed by atoms with van der Waals surface area (Å²) in [5.74, 6) is 0.369. The van der Waals surface area contributed by atoms with Crippen molar-refractivity contribution in [3.05, 3.63) is 35.2 Å². The fourth-order valence-electron chi connectivity index (χ4n) is 1.76. The van der Waals surface area contributed by atoms with Crippen LogP contribution in [0.1, 0.15) is 38.3 Å². The number of carbonyl (C=O) groups excluding carboxylic acids is 2. The van der Waals surface area contributed by atoms with Crippen molar-refractivity contribution in [1.82, 2.24) is 10.3 Å². The summed E-state index contributed by atoms with van der Waals surface area (Å²) in [6, 6.07) is 3.40. The van der Waals surface area contributed by atoms with Gasteiger partial charge in [0.25, 0.3) is 0 Å². The summed E-state index contributed by atoms with van der Waals surface area (Å²) in [5.41, 5.74) is 0.633. The van der Waals surface area contributed by atoms with Crippen molar-refractivity contribution >= 4 is 28.3 Å². The van der Waals surface area contributed by atoms with E-state index in [1.807, 2.05) is 26.8 Å². The summed E-state index contributed by atoms with van der Waals surface area (Å²) < 4.78 is 5.24. The van der Waals surface area contributed by atoms with Gasteiger partial charge in [-0.1, -0.05) is 13.8 Å². The van der Waals surface area contributed by atoms with Crippen molar-refractivity contribution in [2.45, 2.75) is 33.2 Å². The molecule has 0 bridgehead atoms. The van der Waals surface area contributed by atoms with Crippen LogP contribution in [0.25, 0.3) is 0 Å². The minimum atomic E-state index is -0.193. The Kier molecular flexibility index (Phi) is 5.32. The number of furan rings is 1. The van der Waals surface area contributed by atoms with Gasteiger partial charge < -0.3 is 15.1 Å². The molecule has 7 heteroatoms. The van der Waals surface area contributed by atoms with Gasteiger partial charge in [0.2, 0.25) is 11.8 Å². The van der Waals surface area contributed by atoms with E-state index in [9.17, 15) is 9.59 Å². The highest BCUT2D eigenvalue weighted by molar-refractivity contribution is 7.13. The molecule has 2 aromatic heterocycles. The van der Waals surface area contributed by atoms with E-state index in [4.69, 9.17) is 4.42 Å². The zero-order valence-corrected chi connectivity index (χ0v) is 13.6. The standard InChI is InChI=1S/C15H19N3O3S/c1-9(2)14(20)18-15-17-11(8-22-15)7-13(19)16-10(3)12-5-4-6-21-12/h4-6,8-10H,7H2,1-3H3,(H,16,19)(H,17,18,20)/t10-/m1/s1. The van der Waals surface area contributed by atoms with E-state index < -0.39 is 0 Å². The smallest absolute Gasteiger partial charge is 0.228 e. The molecule has 0 spiro atoms. The van der Waals surface area contributed by atoms with E-state index in [0.717, 1.165) is 0 Å². The molecule has 2 amide bonds. The second-order valence-electron chi connectivity index (χ2n) is 5.27. The molecule has 0 radical (unpaired) electrons.